The fourth-order valence-corrected chi connectivity index (χ4v) is 1.91. The number of rotatable bonds is 1. The molecule has 17 heavy (non-hydrogen) atoms. The van der Waals surface area contributed by atoms with E-state index in [2.05, 4.69) is 37.9 Å². The van der Waals surface area contributed by atoms with Gasteiger partial charge in [-0.15, -0.1) is 0 Å². The molecule has 1 aromatic carbocycles. The molecule has 0 saturated carbocycles. The third-order valence-corrected chi connectivity index (χ3v) is 2.74. The summed E-state index contributed by atoms with van der Waals surface area (Å²) in [5.74, 6) is 0. The van der Waals surface area contributed by atoms with E-state index < -0.39 is 0 Å². The molecule has 0 aliphatic carbocycles. The summed E-state index contributed by atoms with van der Waals surface area (Å²) in [6.45, 7) is 8.51. The average molecular weight is 226 g/mol. The van der Waals surface area contributed by atoms with Crippen molar-refractivity contribution in [2.45, 2.75) is 33.1 Å². The molecule has 2 aromatic rings. The van der Waals surface area contributed by atoms with Crippen LogP contribution in [-0.2, 0) is 5.41 Å². The van der Waals surface area contributed by atoms with Crippen molar-refractivity contribution in [2.75, 3.05) is 0 Å². The molecular formula is C15H18N2. The molecule has 2 nitrogen and oxygen atoms in total. The zero-order valence-electron chi connectivity index (χ0n) is 10.9. The van der Waals surface area contributed by atoms with Crippen LogP contribution in [0.5, 0.6) is 0 Å². The molecule has 0 aliphatic rings. The topological polar surface area (TPSA) is 25.8 Å². The number of aryl methyl sites for hydroxylation is 1. The highest BCUT2D eigenvalue weighted by Crippen LogP contribution is 2.25. The van der Waals surface area contributed by atoms with E-state index in [9.17, 15) is 0 Å². The van der Waals surface area contributed by atoms with E-state index in [1.165, 1.54) is 0 Å². The van der Waals surface area contributed by atoms with Crippen molar-refractivity contribution in [3.63, 3.8) is 0 Å². The van der Waals surface area contributed by atoms with Crippen molar-refractivity contribution in [1.82, 2.24) is 9.97 Å². The molecule has 0 spiro atoms. The lowest BCUT2D eigenvalue weighted by molar-refractivity contribution is 0.560. The molecule has 0 radical (unpaired) electrons. The summed E-state index contributed by atoms with van der Waals surface area (Å²) in [5.41, 5.74) is 4.17. The third-order valence-electron chi connectivity index (χ3n) is 2.74. The first-order chi connectivity index (χ1) is 7.98. The maximum Gasteiger partial charge on any atom is 0.0888 e. The van der Waals surface area contributed by atoms with Gasteiger partial charge in [0.1, 0.15) is 0 Å². The lowest BCUT2D eigenvalue weighted by atomic mass is 9.90. The molecule has 2 rings (SSSR count). The molecule has 1 heterocycles. The van der Waals surface area contributed by atoms with E-state index in [4.69, 9.17) is 4.98 Å². The summed E-state index contributed by atoms with van der Waals surface area (Å²) >= 11 is 0. The van der Waals surface area contributed by atoms with Crippen LogP contribution in [0.2, 0.25) is 0 Å². The first kappa shape index (κ1) is 11.8. The van der Waals surface area contributed by atoms with E-state index in [0.29, 0.717) is 0 Å². The molecular weight excluding hydrogens is 208 g/mol. The van der Waals surface area contributed by atoms with Gasteiger partial charge in [0.25, 0.3) is 0 Å². The van der Waals surface area contributed by atoms with E-state index >= 15 is 0 Å². The van der Waals surface area contributed by atoms with Crippen LogP contribution in [-0.4, -0.2) is 9.97 Å². The van der Waals surface area contributed by atoms with Crippen molar-refractivity contribution in [2.24, 2.45) is 0 Å². The zero-order valence-corrected chi connectivity index (χ0v) is 10.9. The van der Waals surface area contributed by atoms with Gasteiger partial charge in [0.15, 0.2) is 0 Å². The van der Waals surface area contributed by atoms with Crippen LogP contribution >= 0.6 is 0 Å². The second kappa shape index (κ2) is 4.28. The standard InChI is InChI=1S/C15H18N2/c1-11-14(15(2,3)4)17-13(10-16-11)12-8-6-5-7-9-12/h5-10H,1-4H3. The normalized spacial score (nSPS) is 11.5. The molecule has 0 atom stereocenters. The number of hydrogen-bond acceptors (Lipinski definition) is 2. The number of nitrogens with zero attached hydrogens (tertiary/aromatic N) is 2. The smallest absolute Gasteiger partial charge is 0.0888 e. The second-order valence-electron chi connectivity index (χ2n) is 5.31. The van der Waals surface area contributed by atoms with E-state index in [1.807, 2.05) is 31.3 Å². The Morgan fingerprint density at radius 2 is 1.65 bits per heavy atom. The minimum absolute atomic E-state index is 0.0296. The largest absolute Gasteiger partial charge is 0.257 e. The molecule has 0 amide bonds. The van der Waals surface area contributed by atoms with Gasteiger partial charge in [0.2, 0.25) is 0 Å². The summed E-state index contributed by atoms with van der Waals surface area (Å²) in [6, 6.07) is 10.2. The van der Waals surface area contributed by atoms with Crippen molar-refractivity contribution < 1.29 is 0 Å². The average Bonchev–Trinajstić information content (AvgIpc) is 2.29. The number of benzene rings is 1. The molecule has 2 heteroatoms. The lowest BCUT2D eigenvalue weighted by Crippen LogP contribution is -2.16. The van der Waals surface area contributed by atoms with Gasteiger partial charge < -0.3 is 0 Å². The SMILES string of the molecule is Cc1ncc(-c2ccccc2)nc1C(C)(C)C. The molecule has 0 aliphatic heterocycles. The summed E-state index contributed by atoms with van der Waals surface area (Å²) in [5, 5.41) is 0. The van der Waals surface area contributed by atoms with Gasteiger partial charge >= 0.3 is 0 Å². The predicted molar refractivity (Wildman–Crippen MR) is 70.9 cm³/mol. The zero-order chi connectivity index (χ0) is 12.5. The fraction of sp³-hybridized carbons (Fsp3) is 0.333. The monoisotopic (exact) mass is 226 g/mol. The first-order valence-corrected chi connectivity index (χ1v) is 5.88. The maximum absolute atomic E-state index is 4.75. The summed E-state index contributed by atoms with van der Waals surface area (Å²) in [4.78, 5) is 9.21. The van der Waals surface area contributed by atoms with E-state index in [-0.39, 0.29) is 5.41 Å². The Labute approximate surface area is 103 Å². The number of hydrogen-bond donors (Lipinski definition) is 0. The third kappa shape index (κ3) is 2.52. The molecule has 88 valence electrons. The Kier molecular flexibility index (Phi) is 2.97. The quantitative estimate of drug-likeness (QED) is 0.740. The maximum atomic E-state index is 4.75. The number of aromatic nitrogens is 2. The highest BCUT2D eigenvalue weighted by Gasteiger charge is 2.19. The van der Waals surface area contributed by atoms with Crippen molar-refractivity contribution in [3.8, 4) is 11.3 Å². The van der Waals surface area contributed by atoms with Gasteiger partial charge in [0, 0.05) is 11.0 Å². The van der Waals surface area contributed by atoms with E-state index in [0.717, 1.165) is 22.6 Å². The van der Waals surface area contributed by atoms with Crippen LogP contribution in [0.15, 0.2) is 36.5 Å². The molecule has 0 saturated heterocycles. The highest BCUT2D eigenvalue weighted by atomic mass is 14.8. The van der Waals surface area contributed by atoms with Crippen LogP contribution in [0.1, 0.15) is 32.2 Å². The Balaban J connectivity index is 2.53. The van der Waals surface area contributed by atoms with Crippen molar-refractivity contribution in [1.29, 1.82) is 0 Å². The molecule has 0 unspecified atom stereocenters. The predicted octanol–water partition coefficient (Wildman–Crippen LogP) is 3.75. The highest BCUT2D eigenvalue weighted by molar-refractivity contribution is 5.58. The molecule has 1 aromatic heterocycles. The Morgan fingerprint density at radius 3 is 2.24 bits per heavy atom. The molecule has 0 bridgehead atoms. The summed E-state index contributed by atoms with van der Waals surface area (Å²) in [6.07, 6.45) is 1.85. The molecule has 0 N–H and O–H groups in total. The Bertz CT molecular complexity index is 510. The van der Waals surface area contributed by atoms with Gasteiger partial charge in [-0.05, 0) is 6.92 Å². The van der Waals surface area contributed by atoms with Crippen molar-refractivity contribution in [3.05, 3.63) is 47.9 Å². The lowest BCUT2D eigenvalue weighted by Gasteiger charge is -2.20. The van der Waals surface area contributed by atoms with Crippen LogP contribution < -0.4 is 0 Å². The minimum atomic E-state index is 0.0296. The van der Waals surface area contributed by atoms with Gasteiger partial charge in [-0.1, -0.05) is 51.1 Å². The summed E-state index contributed by atoms with van der Waals surface area (Å²) in [7, 11) is 0. The Hall–Kier alpha value is -1.70. The van der Waals surface area contributed by atoms with Crippen LogP contribution in [0.4, 0.5) is 0 Å². The first-order valence-electron chi connectivity index (χ1n) is 5.88. The van der Waals surface area contributed by atoms with Gasteiger partial charge in [-0.2, -0.15) is 0 Å². The summed E-state index contributed by atoms with van der Waals surface area (Å²) < 4.78 is 0. The second-order valence-corrected chi connectivity index (χ2v) is 5.31. The van der Waals surface area contributed by atoms with Gasteiger partial charge in [0.05, 0.1) is 23.3 Å². The van der Waals surface area contributed by atoms with Crippen LogP contribution in [0.25, 0.3) is 11.3 Å². The van der Waals surface area contributed by atoms with Gasteiger partial charge in [-0.25, -0.2) is 4.98 Å². The molecule has 0 fully saturated rings. The van der Waals surface area contributed by atoms with Crippen LogP contribution in [0.3, 0.4) is 0 Å². The Morgan fingerprint density at radius 1 is 1.00 bits per heavy atom. The van der Waals surface area contributed by atoms with Crippen LogP contribution in [0, 0.1) is 6.92 Å². The fourth-order valence-electron chi connectivity index (χ4n) is 1.91. The van der Waals surface area contributed by atoms with Gasteiger partial charge in [-0.3, -0.25) is 4.98 Å². The van der Waals surface area contributed by atoms with E-state index in [1.54, 1.807) is 0 Å². The minimum Gasteiger partial charge on any atom is -0.257 e. The van der Waals surface area contributed by atoms with Crippen molar-refractivity contribution >= 4 is 0 Å².